The van der Waals surface area contributed by atoms with Gasteiger partial charge in [-0.25, -0.2) is 13.6 Å². The van der Waals surface area contributed by atoms with Crippen molar-refractivity contribution >= 4 is 11.8 Å². The number of nitrogen functional groups attached to an aromatic ring is 1. The third-order valence-electron chi connectivity index (χ3n) is 4.00. The molecule has 0 radical (unpaired) electrons. The van der Waals surface area contributed by atoms with E-state index in [4.69, 9.17) is 15.4 Å². The van der Waals surface area contributed by atoms with E-state index in [2.05, 4.69) is 10.1 Å². The molecular formula is C14H14F2N4O3. The third kappa shape index (κ3) is 2.58. The summed E-state index contributed by atoms with van der Waals surface area (Å²) in [5, 5.41) is 12.6. The van der Waals surface area contributed by atoms with Crippen molar-refractivity contribution in [3.63, 3.8) is 0 Å². The van der Waals surface area contributed by atoms with Gasteiger partial charge in [0.15, 0.2) is 5.82 Å². The largest absolute Gasteiger partial charge is 0.465 e. The molecule has 0 spiro atoms. The van der Waals surface area contributed by atoms with Gasteiger partial charge in [-0.05, 0) is 19.4 Å². The smallest absolute Gasteiger partial charge is 0.407 e. The highest BCUT2D eigenvalue weighted by atomic mass is 19.1. The molecule has 1 aliphatic rings. The molecule has 3 rings (SSSR count). The summed E-state index contributed by atoms with van der Waals surface area (Å²) < 4.78 is 33.0. The van der Waals surface area contributed by atoms with Gasteiger partial charge in [0.2, 0.25) is 11.7 Å². The van der Waals surface area contributed by atoms with Crippen LogP contribution in [0, 0.1) is 18.6 Å². The molecule has 2 aromatic rings. The first-order valence-electron chi connectivity index (χ1n) is 6.94. The van der Waals surface area contributed by atoms with Gasteiger partial charge in [0.25, 0.3) is 0 Å². The number of aromatic nitrogens is 2. The van der Waals surface area contributed by atoms with Crippen molar-refractivity contribution < 1.29 is 23.2 Å². The normalized spacial score (nSPS) is 17.7. The Hall–Kier alpha value is -2.71. The molecule has 1 aliphatic heterocycles. The van der Waals surface area contributed by atoms with Gasteiger partial charge in [-0.1, -0.05) is 5.16 Å². The fourth-order valence-electron chi connectivity index (χ4n) is 2.55. The number of nitrogens with zero attached hydrogens (tertiary/aromatic N) is 3. The maximum atomic E-state index is 14.2. The van der Waals surface area contributed by atoms with E-state index in [1.807, 2.05) is 0 Å². The molecule has 1 aromatic carbocycles. The zero-order valence-electron chi connectivity index (χ0n) is 12.2. The van der Waals surface area contributed by atoms with Crippen molar-refractivity contribution in [2.75, 3.05) is 18.8 Å². The van der Waals surface area contributed by atoms with Crippen molar-refractivity contribution in [3.05, 3.63) is 29.2 Å². The first kappa shape index (κ1) is 15.2. The van der Waals surface area contributed by atoms with E-state index in [0.717, 1.165) is 6.07 Å². The van der Waals surface area contributed by atoms with Crippen LogP contribution >= 0.6 is 0 Å². The van der Waals surface area contributed by atoms with E-state index in [1.54, 1.807) is 0 Å². The molecule has 1 fully saturated rings. The maximum absolute atomic E-state index is 14.2. The molecule has 3 N–H and O–H groups in total. The first-order chi connectivity index (χ1) is 10.9. The Labute approximate surface area is 129 Å². The summed E-state index contributed by atoms with van der Waals surface area (Å²) in [6, 6.07) is 0.966. The number of hydrogen-bond donors (Lipinski definition) is 2. The van der Waals surface area contributed by atoms with Crippen LogP contribution in [-0.2, 0) is 0 Å². The Morgan fingerprint density at radius 2 is 2.26 bits per heavy atom. The average molecular weight is 324 g/mol. The highest BCUT2D eigenvalue weighted by Crippen LogP contribution is 2.31. The second kappa shape index (κ2) is 5.49. The standard InChI is InChI=1S/C14H14F2N4O3/c1-6-9(15)4-8(10(16)11(6)17)12-18-13(23-19-12)7-2-3-20(5-7)14(21)22/h4,7H,2-3,5,17H2,1H3,(H,21,22)/t7-/m1/s1. The quantitative estimate of drug-likeness (QED) is 0.822. The lowest BCUT2D eigenvalue weighted by atomic mass is 10.1. The SMILES string of the molecule is Cc1c(F)cc(-c2noc([C@@H]3CCN(C(=O)O)C3)n2)c(F)c1N. The topological polar surface area (TPSA) is 105 Å². The van der Waals surface area contributed by atoms with Gasteiger partial charge in [0, 0.05) is 18.7 Å². The number of amides is 1. The Balaban J connectivity index is 1.90. The number of halogens is 2. The summed E-state index contributed by atoms with van der Waals surface area (Å²) >= 11 is 0. The Morgan fingerprint density at radius 3 is 2.91 bits per heavy atom. The van der Waals surface area contributed by atoms with Crippen LogP contribution in [0.2, 0.25) is 0 Å². The second-order valence-corrected chi connectivity index (χ2v) is 5.43. The molecule has 1 amide bonds. The lowest BCUT2D eigenvalue weighted by Crippen LogP contribution is -2.26. The van der Waals surface area contributed by atoms with Crippen molar-refractivity contribution in [3.8, 4) is 11.4 Å². The molecule has 122 valence electrons. The van der Waals surface area contributed by atoms with Gasteiger partial charge < -0.3 is 20.3 Å². The molecule has 9 heteroatoms. The van der Waals surface area contributed by atoms with Crippen LogP contribution in [0.4, 0.5) is 19.3 Å². The minimum Gasteiger partial charge on any atom is -0.465 e. The van der Waals surface area contributed by atoms with Gasteiger partial charge in [-0.2, -0.15) is 4.98 Å². The van der Waals surface area contributed by atoms with Crippen LogP contribution in [0.25, 0.3) is 11.4 Å². The molecule has 0 unspecified atom stereocenters. The Kier molecular flexibility index (Phi) is 3.63. The Bertz CT molecular complexity index is 778. The van der Waals surface area contributed by atoms with Crippen LogP contribution in [-0.4, -0.2) is 39.3 Å². The molecule has 0 bridgehead atoms. The third-order valence-corrected chi connectivity index (χ3v) is 4.00. The lowest BCUT2D eigenvalue weighted by Gasteiger charge is -2.09. The lowest BCUT2D eigenvalue weighted by molar-refractivity contribution is 0.154. The molecule has 7 nitrogen and oxygen atoms in total. The summed E-state index contributed by atoms with van der Waals surface area (Å²) in [7, 11) is 0. The maximum Gasteiger partial charge on any atom is 0.407 e. The van der Waals surface area contributed by atoms with Gasteiger partial charge in [0.05, 0.1) is 17.2 Å². The molecule has 1 atom stereocenters. The Morgan fingerprint density at radius 1 is 1.52 bits per heavy atom. The number of rotatable bonds is 2. The first-order valence-corrected chi connectivity index (χ1v) is 6.94. The van der Waals surface area contributed by atoms with E-state index in [1.165, 1.54) is 11.8 Å². The summed E-state index contributed by atoms with van der Waals surface area (Å²) in [6.45, 7) is 1.96. The van der Waals surface area contributed by atoms with Crippen LogP contribution in [0.15, 0.2) is 10.6 Å². The zero-order valence-corrected chi connectivity index (χ0v) is 12.2. The van der Waals surface area contributed by atoms with Crippen LogP contribution in [0.5, 0.6) is 0 Å². The highest BCUT2D eigenvalue weighted by Gasteiger charge is 2.31. The predicted octanol–water partition coefficient (Wildman–Crippen LogP) is 2.37. The molecule has 1 aromatic heterocycles. The summed E-state index contributed by atoms with van der Waals surface area (Å²) in [5.41, 5.74) is 5.06. The van der Waals surface area contributed by atoms with Crippen molar-refractivity contribution in [2.45, 2.75) is 19.3 Å². The van der Waals surface area contributed by atoms with Crippen LogP contribution in [0.3, 0.4) is 0 Å². The molecule has 1 saturated heterocycles. The van der Waals surface area contributed by atoms with Crippen molar-refractivity contribution in [1.29, 1.82) is 0 Å². The summed E-state index contributed by atoms with van der Waals surface area (Å²) in [6.07, 6.45) is -0.493. The van der Waals surface area contributed by atoms with E-state index in [0.29, 0.717) is 13.0 Å². The van der Waals surface area contributed by atoms with Gasteiger partial charge in [-0.15, -0.1) is 0 Å². The number of carbonyl (C=O) groups is 1. The highest BCUT2D eigenvalue weighted by molar-refractivity contribution is 5.66. The number of carboxylic acid groups (broad SMARTS) is 1. The number of likely N-dealkylation sites (tertiary alicyclic amines) is 1. The van der Waals surface area contributed by atoms with Gasteiger partial charge in [-0.3, -0.25) is 0 Å². The minimum absolute atomic E-state index is 0.0165. The predicted molar refractivity (Wildman–Crippen MR) is 75.8 cm³/mol. The molecule has 0 aliphatic carbocycles. The summed E-state index contributed by atoms with van der Waals surface area (Å²) in [4.78, 5) is 16.2. The van der Waals surface area contributed by atoms with E-state index in [9.17, 15) is 13.6 Å². The van der Waals surface area contributed by atoms with E-state index >= 15 is 0 Å². The zero-order chi connectivity index (χ0) is 16.7. The fraction of sp³-hybridized carbons (Fsp3) is 0.357. The van der Waals surface area contributed by atoms with Gasteiger partial charge in [0.1, 0.15) is 5.82 Å². The molecule has 23 heavy (non-hydrogen) atoms. The monoisotopic (exact) mass is 324 g/mol. The average Bonchev–Trinajstić information content (AvgIpc) is 3.17. The second-order valence-electron chi connectivity index (χ2n) is 5.43. The van der Waals surface area contributed by atoms with E-state index in [-0.39, 0.29) is 41.0 Å². The van der Waals surface area contributed by atoms with Crippen LogP contribution in [0.1, 0.15) is 23.8 Å². The van der Waals surface area contributed by atoms with Crippen molar-refractivity contribution in [2.24, 2.45) is 0 Å². The number of benzene rings is 1. The van der Waals surface area contributed by atoms with Crippen molar-refractivity contribution in [1.82, 2.24) is 15.0 Å². The number of anilines is 1. The summed E-state index contributed by atoms with van der Waals surface area (Å²) in [5.74, 6) is -1.65. The molecular weight excluding hydrogens is 310 g/mol. The number of nitrogens with two attached hydrogens (primary N) is 1. The van der Waals surface area contributed by atoms with E-state index < -0.39 is 17.7 Å². The minimum atomic E-state index is -1.02. The van der Waals surface area contributed by atoms with Crippen LogP contribution < -0.4 is 5.73 Å². The van der Waals surface area contributed by atoms with Gasteiger partial charge >= 0.3 is 6.09 Å². The fourth-order valence-corrected chi connectivity index (χ4v) is 2.55. The molecule has 0 saturated carbocycles. The molecule has 2 heterocycles. The number of hydrogen-bond acceptors (Lipinski definition) is 5.